The maximum Gasteiger partial charge on any atom is 0.251 e. The Morgan fingerprint density at radius 2 is 2.08 bits per heavy atom. The smallest absolute Gasteiger partial charge is 0.251 e. The normalized spacial score (nSPS) is 11.3. The van der Waals surface area contributed by atoms with Gasteiger partial charge in [0.15, 0.2) is 9.84 Å². The molecule has 0 saturated carbocycles. The Kier molecular flexibility index (Phi) is 5.06. The van der Waals surface area contributed by atoms with Crippen LogP contribution in [-0.4, -0.2) is 35.1 Å². The largest absolute Gasteiger partial charge is 0.348 e. The lowest BCUT2D eigenvalue weighted by Crippen LogP contribution is -2.23. The van der Waals surface area contributed by atoms with Crippen molar-refractivity contribution >= 4 is 27.3 Å². The van der Waals surface area contributed by atoms with E-state index in [0.717, 1.165) is 11.8 Å². The van der Waals surface area contributed by atoms with Crippen LogP contribution in [0.15, 0.2) is 60.1 Å². The number of carbonyl (C=O) groups is 1. The van der Waals surface area contributed by atoms with Crippen LogP contribution in [0.5, 0.6) is 0 Å². The van der Waals surface area contributed by atoms with E-state index < -0.39 is 15.7 Å². The summed E-state index contributed by atoms with van der Waals surface area (Å²) < 4.78 is 25.2. The van der Waals surface area contributed by atoms with Crippen LogP contribution in [-0.2, 0) is 16.4 Å². The Morgan fingerprint density at radius 1 is 1.27 bits per heavy atom. The van der Waals surface area contributed by atoms with Crippen LogP contribution in [0.25, 0.3) is 5.82 Å². The SMILES string of the molecule is CS(=O)(=O)c1cc(C(=O)NCc2ccc(-n3ccnc3)nc2)ccc1Cl. The summed E-state index contributed by atoms with van der Waals surface area (Å²) in [6.45, 7) is 0.257. The van der Waals surface area contributed by atoms with Crippen molar-refractivity contribution in [2.75, 3.05) is 6.26 Å². The van der Waals surface area contributed by atoms with E-state index in [9.17, 15) is 13.2 Å². The Balaban J connectivity index is 1.69. The zero-order chi connectivity index (χ0) is 18.7. The van der Waals surface area contributed by atoms with Crippen molar-refractivity contribution in [3.8, 4) is 5.82 Å². The lowest BCUT2D eigenvalue weighted by Gasteiger charge is -2.08. The number of hydrogen-bond donors (Lipinski definition) is 1. The Hall–Kier alpha value is -2.71. The summed E-state index contributed by atoms with van der Waals surface area (Å²) in [5.74, 6) is 0.318. The molecule has 134 valence electrons. The molecule has 3 aromatic rings. The summed E-state index contributed by atoms with van der Waals surface area (Å²) in [4.78, 5) is 20.5. The van der Waals surface area contributed by atoms with Gasteiger partial charge in [0.2, 0.25) is 0 Å². The summed E-state index contributed by atoms with van der Waals surface area (Å²) in [5.41, 5.74) is 1.03. The number of carbonyl (C=O) groups excluding carboxylic acids is 1. The first-order valence-corrected chi connectivity index (χ1v) is 9.82. The van der Waals surface area contributed by atoms with Crippen LogP contribution >= 0.6 is 11.6 Å². The number of pyridine rings is 1. The van der Waals surface area contributed by atoms with Gasteiger partial charge in [-0.05, 0) is 29.8 Å². The van der Waals surface area contributed by atoms with Crippen LogP contribution in [0.2, 0.25) is 5.02 Å². The van der Waals surface area contributed by atoms with Crippen LogP contribution in [0, 0.1) is 0 Å². The fraction of sp³-hybridized carbons (Fsp3) is 0.118. The molecule has 0 aliphatic carbocycles. The van der Waals surface area contributed by atoms with Crippen LogP contribution < -0.4 is 5.32 Å². The number of nitrogens with one attached hydrogen (secondary N) is 1. The fourth-order valence-electron chi connectivity index (χ4n) is 2.28. The number of amides is 1. The standard InChI is InChI=1S/C17H15ClN4O3S/c1-26(24,25)15-8-13(3-4-14(15)18)17(23)21-10-12-2-5-16(20-9-12)22-7-6-19-11-22/h2-9,11H,10H2,1H3,(H,21,23). The van der Waals surface area contributed by atoms with E-state index in [0.29, 0.717) is 5.82 Å². The van der Waals surface area contributed by atoms with E-state index in [4.69, 9.17) is 11.6 Å². The third-order valence-corrected chi connectivity index (χ3v) is 5.20. The van der Waals surface area contributed by atoms with Gasteiger partial charge in [0.05, 0.1) is 9.92 Å². The molecule has 7 nitrogen and oxygen atoms in total. The summed E-state index contributed by atoms with van der Waals surface area (Å²) in [6, 6.07) is 7.80. The minimum atomic E-state index is -3.51. The van der Waals surface area contributed by atoms with Gasteiger partial charge in [-0.3, -0.25) is 9.36 Å². The van der Waals surface area contributed by atoms with E-state index in [-0.39, 0.29) is 22.0 Å². The maximum atomic E-state index is 12.3. The van der Waals surface area contributed by atoms with Gasteiger partial charge in [0, 0.05) is 37.0 Å². The third kappa shape index (κ3) is 4.09. The molecule has 0 fully saturated rings. The molecule has 0 saturated heterocycles. The second-order valence-electron chi connectivity index (χ2n) is 5.59. The highest BCUT2D eigenvalue weighted by Gasteiger charge is 2.15. The average molecular weight is 391 g/mol. The number of imidazole rings is 1. The van der Waals surface area contributed by atoms with Gasteiger partial charge >= 0.3 is 0 Å². The molecule has 1 amide bonds. The Labute approximate surface area is 155 Å². The van der Waals surface area contributed by atoms with E-state index in [1.54, 1.807) is 29.5 Å². The van der Waals surface area contributed by atoms with Crippen molar-refractivity contribution in [2.24, 2.45) is 0 Å². The highest BCUT2D eigenvalue weighted by Crippen LogP contribution is 2.22. The predicted molar refractivity (Wildman–Crippen MR) is 97.1 cm³/mol. The van der Waals surface area contributed by atoms with Crippen molar-refractivity contribution < 1.29 is 13.2 Å². The second-order valence-corrected chi connectivity index (χ2v) is 7.99. The van der Waals surface area contributed by atoms with Gasteiger partial charge in [0.25, 0.3) is 5.91 Å². The van der Waals surface area contributed by atoms with Crippen molar-refractivity contribution in [3.63, 3.8) is 0 Å². The highest BCUT2D eigenvalue weighted by atomic mass is 35.5. The number of halogens is 1. The predicted octanol–water partition coefficient (Wildman–Crippen LogP) is 2.25. The molecule has 2 aromatic heterocycles. The first-order chi connectivity index (χ1) is 12.3. The molecule has 1 N–H and O–H groups in total. The van der Waals surface area contributed by atoms with Gasteiger partial charge in [-0.1, -0.05) is 17.7 Å². The molecule has 0 radical (unpaired) electrons. The number of nitrogens with zero attached hydrogens (tertiary/aromatic N) is 3. The quantitative estimate of drug-likeness (QED) is 0.721. The molecule has 1 aromatic carbocycles. The highest BCUT2D eigenvalue weighted by molar-refractivity contribution is 7.90. The van der Waals surface area contributed by atoms with E-state index in [1.165, 1.54) is 18.2 Å². The fourth-order valence-corrected chi connectivity index (χ4v) is 3.58. The summed E-state index contributed by atoms with van der Waals surface area (Å²) in [5, 5.41) is 2.82. The molecule has 0 bridgehead atoms. The summed E-state index contributed by atoms with van der Waals surface area (Å²) in [6.07, 6.45) is 7.78. The van der Waals surface area contributed by atoms with Gasteiger partial charge < -0.3 is 5.32 Å². The van der Waals surface area contributed by atoms with Gasteiger partial charge in [-0.15, -0.1) is 0 Å². The minimum absolute atomic E-state index is 0.0711. The van der Waals surface area contributed by atoms with E-state index >= 15 is 0 Å². The van der Waals surface area contributed by atoms with Crippen molar-refractivity contribution in [2.45, 2.75) is 11.4 Å². The molecule has 0 spiro atoms. The number of aromatic nitrogens is 3. The van der Waals surface area contributed by atoms with Crippen molar-refractivity contribution in [1.82, 2.24) is 19.9 Å². The zero-order valence-corrected chi connectivity index (χ0v) is 15.3. The van der Waals surface area contributed by atoms with Gasteiger partial charge in [-0.2, -0.15) is 0 Å². The second kappa shape index (κ2) is 7.27. The van der Waals surface area contributed by atoms with Crippen molar-refractivity contribution in [1.29, 1.82) is 0 Å². The Bertz CT molecular complexity index is 1030. The molecule has 3 rings (SSSR count). The van der Waals surface area contributed by atoms with Crippen LogP contribution in [0.3, 0.4) is 0 Å². The van der Waals surface area contributed by atoms with E-state index in [1.807, 2.05) is 12.1 Å². The van der Waals surface area contributed by atoms with Gasteiger partial charge in [0.1, 0.15) is 12.1 Å². The summed E-state index contributed by atoms with van der Waals surface area (Å²) >= 11 is 5.89. The lowest BCUT2D eigenvalue weighted by molar-refractivity contribution is 0.0950. The summed E-state index contributed by atoms with van der Waals surface area (Å²) in [7, 11) is -3.51. The number of sulfone groups is 1. The molecule has 2 heterocycles. The topological polar surface area (TPSA) is 94.0 Å². The van der Waals surface area contributed by atoms with Crippen LogP contribution in [0.1, 0.15) is 15.9 Å². The molecule has 0 aliphatic heterocycles. The monoisotopic (exact) mass is 390 g/mol. The van der Waals surface area contributed by atoms with Crippen molar-refractivity contribution in [3.05, 3.63) is 71.4 Å². The lowest BCUT2D eigenvalue weighted by atomic mass is 10.2. The average Bonchev–Trinajstić information content (AvgIpc) is 3.14. The number of hydrogen-bond acceptors (Lipinski definition) is 5. The molecular weight excluding hydrogens is 376 g/mol. The van der Waals surface area contributed by atoms with E-state index in [2.05, 4.69) is 15.3 Å². The van der Waals surface area contributed by atoms with Gasteiger partial charge in [-0.25, -0.2) is 18.4 Å². The Morgan fingerprint density at radius 3 is 2.69 bits per heavy atom. The molecule has 26 heavy (non-hydrogen) atoms. The zero-order valence-electron chi connectivity index (χ0n) is 13.8. The molecule has 9 heteroatoms. The molecular formula is C17H15ClN4O3S. The molecule has 0 unspecified atom stereocenters. The first kappa shape index (κ1) is 18.1. The number of benzene rings is 1. The van der Waals surface area contributed by atoms with Crippen LogP contribution in [0.4, 0.5) is 0 Å². The first-order valence-electron chi connectivity index (χ1n) is 7.55. The minimum Gasteiger partial charge on any atom is -0.348 e. The molecule has 0 aliphatic rings. The third-order valence-electron chi connectivity index (χ3n) is 3.62. The molecule has 0 atom stereocenters. The maximum absolute atomic E-state index is 12.3. The number of rotatable bonds is 5.